The van der Waals surface area contributed by atoms with Crippen LogP contribution in [0.25, 0.3) is 22.2 Å². The Morgan fingerprint density at radius 1 is 1.11 bits per heavy atom. The molecule has 0 atom stereocenters. The topological polar surface area (TPSA) is 85.9 Å². The van der Waals surface area contributed by atoms with Gasteiger partial charge in [-0.05, 0) is 52.7 Å². The van der Waals surface area contributed by atoms with Crippen molar-refractivity contribution in [3.05, 3.63) is 36.7 Å². The molecule has 6 nitrogen and oxygen atoms in total. The number of nitrogens with one attached hydrogen (secondary N) is 3. The van der Waals surface area contributed by atoms with Crippen LogP contribution in [0.3, 0.4) is 0 Å². The summed E-state index contributed by atoms with van der Waals surface area (Å²) in [6, 6.07) is 7.70. The van der Waals surface area contributed by atoms with E-state index in [4.69, 9.17) is 4.98 Å². The maximum atomic E-state index is 10.0. The molecule has 3 aromatic rings. The Labute approximate surface area is 159 Å². The molecule has 4 N–H and O–H groups in total. The average molecular weight is 365 g/mol. The Balaban J connectivity index is 1.62. The van der Waals surface area contributed by atoms with Gasteiger partial charge in [0.05, 0.1) is 11.2 Å². The third kappa shape index (κ3) is 3.62. The number of hydrogen-bond acceptors (Lipinski definition) is 5. The van der Waals surface area contributed by atoms with Crippen LogP contribution in [0.15, 0.2) is 36.7 Å². The van der Waals surface area contributed by atoms with Crippen LogP contribution in [0.2, 0.25) is 0 Å². The molecule has 27 heavy (non-hydrogen) atoms. The summed E-state index contributed by atoms with van der Waals surface area (Å²) in [4.78, 5) is 12.3. The number of para-hydroxylation sites is 1. The number of H-pyrrole nitrogens is 1. The normalized spacial score (nSPS) is 19.3. The summed E-state index contributed by atoms with van der Waals surface area (Å²) in [6.07, 6.45) is 5.67. The summed E-state index contributed by atoms with van der Waals surface area (Å²) in [6.45, 7) is 8.94. The van der Waals surface area contributed by atoms with E-state index in [1.807, 2.05) is 24.4 Å². The third-order valence-corrected chi connectivity index (χ3v) is 5.15. The number of fused-ring (bicyclic) bond motifs is 1. The molecule has 1 aromatic carbocycles. The largest absolute Gasteiger partial charge is 0.506 e. The van der Waals surface area contributed by atoms with E-state index >= 15 is 0 Å². The van der Waals surface area contributed by atoms with Crippen LogP contribution in [0.5, 0.6) is 5.75 Å². The Bertz CT molecular complexity index is 960. The maximum Gasteiger partial charge on any atom is 0.223 e. The molecule has 1 aliphatic heterocycles. The fourth-order valence-electron chi connectivity index (χ4n) is 4.54. The number of aromatic hydroxyl groups is 1. The minimum Gasteiger partial charge on any atom is -0.506 e. The summed E-state index contributed by atoms with van der Waals surface area (Å²) < 4.78 is 0. The predicted molar refractivity (Wildman–Crippen MR) is 109 cm³/mol. The second-order valence-electron chi connectivity index (χ2n) is 8.81. The zero-order valence-electron chi connectivity index (χ0n) is 16.3. The molecule has 4 rings (SSSR count). The van der Waals surface area contributed by atoms with Crippen molar-refractivity contribution < 1.29 is 5.11 Å². The van der Waals surface area contributed by atoms with Gasteiger partial charge in [-0.25, -0.2) is 9.97 Å². The lowest BCUT2D eigenvalue weighted by molar-refractivity contribution is 0.170. The van der Waals surface area contributed by atoms with Gasteiger partial charge in [-0.15, -0.1) is 0 Å². The number of anilines is 1. The molecule has 0 amide bonds. The average Bonchev–Trinajstić information content (AvgIpc) is 2.97. The molecule has 6 heteroatoms. The van der Waals surface area contributed by atoms with Crippen LogP contribution in [0, 0.1) is 0 Å². The predicted octanol–water partition coefficient (Wildman–Crippen LogP) is 4.05. The van der Waals surface area contributed by atoms with Gasteiger partial charge in [-0.3, -0.25) is 0 Å². The van der Waals surface area contributed by atoms with Gasteiger partial charge < -0.3 is 20.7 Å². The van der Waals surface area contributed by atoms with Gasteiger partial charge in [-0.1, -0.05) is 12.1 Å². The highest BCUT2D eigenvalue weighted by molar-refractivity contribution is 5.97. The van der Waals surface area contributed by atoms with E-state index in [1.165, 1.54) is 0 Å². The van der Waals surface area contributed by atoms with E-state index < -0.39 is 0 Å². The van der Waals surface area contributed by atoms with Crippen molar-refractivity contribution in [1.29, 1.82) is 0 Å². The Hall–Kier alpha value is -2.60. The van der Waals surface area contributed by atoms with Crippen molar-refractivity contribution in [3.63, 3.8) is 0 Å². The standard InChI is InChI=1S/C21H27N5O/c1-20(2)10-13(11-21(3,4)26-20)24-19-22-9-8-16(25-19)15-12-23-18-14(15)6-5-7-17(18)27/h5-9,12-13,23,26-27H,10-11H2,1-4H3,(H,22,24,25). The summed E-state index contributed by atoms with van der Waals surface area (Å²) in [7, 11) is 0. The second kappa shape index (κ2) is 6.23. The molecule has 0 unspecified atom stereocenters. The molecule has 0 saturated carbocycles. The van der Waals surface area contributed by atoms with Gasteiger partial charge in [0.25, 0.3) is 0 Å². The zero-order valence-corrected chi connectivity index (χ0v) is 16.3. The number of rotatable bonds is 3. The van der Waals surface area contributed by atoms with Crippen LogP contribution in [-0.4, -0.2) is 37.2 Å². The van der Waals surface area contributed by atoms with Crippen molar-refractivity contribution in [2.24, 2.45) is 0 Å². The van der Waals surface area contributed by atoms with Crippen molar-refractivity contribution in [1.82, 2.24) is 20.3 Å². The third-order valence-electron chi connectivity index (χ3n) is 5.15. The Morgan fingerprint density at radius 2 is 1.85 bits per heavy atom. The van der Waals surface area contributed by atoms with Crippen LogP contribution in [0.1, 0.15) is 40.5 Å². The van der Waals surface area contributed by atoms with Gasteiger partial charge in [0.2, 0.25) is 5.95 Å². The van der Waals surface area contributed by atoms with E-state index in [1.54, 1.807) is 12.3 Å². The summed E-state index contributed by atoms with van der Waals surface area (Å²) >= 11 is 0. The smallest absolute Gasteiger partial charge is 0.223 e. The molecular formula is C21H27N5O. The molecule has 1 saturated heterocycles. The number of hydrogen-bond donors (Lipinski definition) is 4. The molecule has 3 heterocycles. The number of phenols is 1. The number of aromatic amines is 1. The van der Waals surface area contributed by atoms with Gasteiger partial charge in [0.1, 0.15) is 5.75 Å². The Kier molecular flexibility index (Phi) is 4.11. The van der Waals surface area contributed by atoms with E-state index in [2.05, 4.69) is 48.3 Å². The first-order chi connectivity index (χ1) is 12.7. The first kappa shape index (κ1) is 17.8. The lowest BCUT2D eigenvalue weighted by atomic mass is 9.80. The molecule has 2 aromatic heterocycles. The van der Waals surface area contributed by atoms with Crippen molar-refractivity contribution >= 4 is 16.9 Å². The minimum absolute atomic E-state index is 0.0609. The molecule has 0 radical (unpaired) electrons. The van der Waals surface area contributed by atoms with Gasteiger partial charge >= 0.3 is 0 Å². The highest BCUT2D eigenvalue weighted by Gasteiger charge is 2.37. The van der Waals surface area contributed by atoms with Crippen molar-refractivity contribution in [2.45, 2.75) is 57.7 Å². The number of piperidine rings is 1. The zero-order chi connectivity index (χ0) is 19.2. The lowest BCUT2D eigenvalue weighted by Crippen LogP contribution is -2.60. The Morgan fingerprint density at radius 3 is 2.59 bits per heavy atom. The quantitative estimate of drug-likeness (QED) is 0.563. The first-order valence-electron chi connectivity index (χ1n) is 9.41. The second-order valence-corrected chi connectivity index (χ2v) is 8.81. The van der Waals surface area contributed by atoms with Gasteiger partial charge in [-0.2, -0.15) is 0 Å². The molecule has 0 aliphatic carbocycles. The fourth-order valence-corrected chi connectivity index (χ4v) is 4.54. The van der Waals surface area contributed by atoms with Crippen molar-refractivity contribution in [2.75, 3.05) is 5.32 Å². The van der Waals surface area contributed by atoms with Crippen LogP contribution in [0.4, 0.5) is 5.95 Å². The molecule has 1 aliphatic rings. The van der Waals surface area contributed by atoms with Gasteiger partial charge in [0.15, 0.2) is 0 Å². The summed E-state index contributed by atoms with van der Waals surface area (Å²) in [5, 5.41) is 18.2. The number of nitrogens with zero attached hydrogens (tertiary/aromatic N) is 2. The van der Waals surface area contributed by atoms with Crippen LogP contribution < -0.4 is 10.6 Å². The van der Waals surface area contributed by atoms with E-state index in [0.717, 1.165) is 35.0 Å². The van der Waals surface area contributed by atoms with E-state index in [0.29, 0.717) is 12.0 Å². The number of phenolic OH excluding ortho intramolecular Hbond substituents is 1. The van der Waals surface area contributed by atoms with Crippen LogP contribution in [-0.2, 0) is 0 Å². The summed E-state index contributed by atoms with van der Waals surface area (Å²) in [5.74, 6) is 0.880. The highest BCUT2D eigenvalue weighted by Crippen LogP contribution is 2.33. The van der Waals surface area contributed by atoms with E-state index in [9.17, 15) is 5.11 Å². The van der Waals surface area contributed by atoms with Crippen LogP contribution >= 0.6 is 0 Å². The monoisotopic (exact) mass is 365 g/mol. The first-order valence-corrected chi connectivity index (χ1v) is 9.41. The molecular weight excluding hydrogens is 338 g/mol. The van der Waals surface area contributed by atoms with E-state index in [-0.39, 0.29) is 16.8 Å². The maximum absolute atomic E-state index is 10.0. The number of aromatic nitrogens is 3. The minimum atomic E-state index is 0.0609. The van der Waals surface area contributed by atoms with Crippen molar-refractivity contribution in [3.8, 4) is 17.0 Å². The van der Waals surface area contributed by atoms with Gasteiger partial charge in [0, 0.05) is 40.5 Å². The lowest BCUT2D eigenvalue weighted by Gasteiger charge is -2.46. The number of benzene rings is 1. The molecule has 0 bridgehead atoms. The highest BCUT2D eigenvalue weighted by atomic mass is 16.3. The SMILES string of the molecule is CC1(C)CC(Nc2nccc(-c3c[nH]c4c(O)cccc34)n2)CC(C)(C)N1. The summed E-state index contributed by atoms with van der Waals surface area (Å²) in [5.41, 5.74) is 2.63. The molecule has 0 spiro atoms. The fraction of sp³-hybridized carbons (Fsp3) is 0.429. The molecule has 142 valence electrons. The molecule has 1 fully saturated rings.